The van der Waals surface area contributed by atoms with E-state index in [2.05, 4.69) is 0 Å². The first-order chi connectivity index (χ1) is 8.65. The van der Waals surface area contributed by atoms with Crippen LogP contribution in [0, 0.1) is 0 Å². The third-order valence-corrected chi connectivity index (χ3v) is 3.42. The Balaban J connectivity index is 2.39. The molecule has 0 bridgehead atoms. The van der Waals surface area contributed by atoms with Crippen molar-refractivity contribution in [3.63, 3.8) is 0 Å². The second-order valence-corrected chi connectivity index (χ2v) is 4.54. The van der Waals surface area contributed by atoms with Crippen molar-refractivity contribution in [1.82, 2.24) is 0 Å². The lowest BCUT2D eigenvalue weighted by Gasteiger charge is -2.36. The van der Waals surface area contributed by atoms with Gasteiger partial charge in [-0.15, -0.1) is 0 Å². The molecule has 1 atom stereocenters. The normalized spacial score (nSPS) is 19.9. The van der Waals surface area contributed by atoms with Gasteiger partial charge < -0.3 is 21.1 Å². The molecule has 5 nitrogen and oxygen atoms in total. The van der Waals surface area contributed by atoms with Crippen LogP contribution in [0.1, 0.15) is 5.56 Å². The molecule has 0 aromatic heterocycles. The Morgan fingerprint density at radius 3 is 3.00 bits per heavy atom. The van der Waals surface area contributed by atoms with E-state index in [1.54, 1.807) is 6.07 Å². The Kier molecular flexibility index (Phi) is 4.06. The van der Waals surface area contributed by atoms with Crippen molar-refractivity contribution in [1.29, 1.82) is 0 Å². The van der Waals surface area contributed by atoms with Crippen LogP contribution in [0.15, 0.2) is 18.2 Å². The van der Waals surface area contributed by atoms with Crippen LogP contribution in [-0.2, 0) is 16.1 Å². The van der Waals surface area contributed by atoms with E-state index in [0.717, 1.165) is 11.3 Å². The summed E-state index contributed by atoms with van der Waals surface area (Å²) in [6, 6.07) is 5.05. The molecule has 1 saturated heterocycles. The summed E-state index contributed by atoms with van der Waals surface area (Å²) in [6.07, 6.45) is 0. The predicted molar refractivity (Wildman–Crippen MR) is 70.5 cm³/mol. The van der Waals surface area contributed by atoms with E-state index in [1.807, 2.05) is 17.0 Å². The van der Waals surface area contributed by atoms with Gasteiger partial charge in [0.15, 0.2) is 0 Å². The van der Waals surface area contributed by atoms with E-state index in [-0.39, 0.29) is 0 Å². The molecule has 0 radical (unpaired) electrons. The van der Waals surface area contributed by atoms with Gasteiger partial charge in [-0.05, 0) is 12.1 Å². The third-order valence-electron chi connectivity index (χ3n) is 3.06. The Morgan fingerprint density at radius 2 is 2.33 bits per heavy atom. The molecule has 1 aromatic carbocycles. The number of rotatable bonds is 3. The van der Waals surface area contributed by atoms with Gasteiger partial charge in [0, 0.05) is 29.4 Å². The first-order valence-electron chi connectivity index (χ1n) is 5.76. The zero-order valence-corrected chi connectivity index (χ0v) is 10.7. The van der Waals surface area contributed by atoms with Crippen molar-refractivity contribution >= 4 is 23.2 Å². The number of anilines is 1. The van der Waals surface area contributed by atoms with E-state index >= 15 is 0 Å². The Bertz CT molecular complexity index is 453. The number of halogens is 1. The predicted octanol–water partition coefficient (Wildman–Crippen LogP) is 0.489. The van der Waals surface area contributed by atoms with E-state index in [1.165, 1.54) is 0 Å². The first kappa shape index (κ1) is 13.1. The quantitative estimate of drug-likeness (QED) is 0.837. The summed E-state index contributed by atoms with van der Waals surface area (Å²) in [5.74, 6) is -0.405. The monoisotopic (exact) mass is 269 g/mol. The molecule has 0 saturated carbocycles. The van der Waals surface area contributed by atoms with Crippen LogP contribution < -0.4 is 16.4 Å². The van der Waals surface area contributed by atoms with E-state index < -0.39 is 11.9 Å². The average Bonchev–Trinajstić information content (AvgIpc) is 2.38. The van der Waals surface area contributed by atoms with Gasteiger partial charge in [0.25, 0.3) is 0 Å². The number of amides is 1. The van der Waals surface area contributed by atoms with Crippen LogP contribution in [0.4, 0.5) is 5.69 Å². The molecule has 4 N–H and O–H groups in total. The van der Waals surface area contributed by atoms with Crippen LogP contribution in [0.3, 0.4) is 0 Å². The van der Waals surface area contributed by atoms with E-state index in [4.69, 9.17) is 27.8 Å². The molecule has 6 heteroatoms. The number of hydrogen-bond acceptors (Lipinski definition) is 4. The number of primary amides is 1. The van der Waals surface area contributed by atoms with Crippen molar-refractivity contribution in [2.75, 3.05) is 24.7 Å². The van der Waals surface area contributed by atoms with Crippen molar-refractivity contribution < 1.29 is 9.53 Å². The molecule has 18 heavy (non-hydrogen) atoms. The maximum absolute atomic E-state index is 11.5. The smallest absolute Gasteiger partial charge is 0.242 e. The number of carbonyl (C=O) groups is 1. The van der Waals surface area contributed by atoms with Crippen molar-refractivity contribution in [3.05, 3.63) is 28.8 Å². The Morgan fingerprint density at radius 1 is 1.56 bits per heavy atom. The Hall–Kier alpha value is -1.30. The third kappa shape index (κ3) is 2.43. The zero-order valence-electron chi connectivity index (χ0n) is 9.93. The highest BCUT2D eigenvalue weighted by Crippen LogP contribution is 2.29. The average molecular weight is 270 g/mol. The summed E-state index contributed by atoms with van der Waals surface area (Å²) in [6.45, 7) is 1.77. The number of carbonyl (C=O) groups excluding carboxylic acids is 1. The number of morpholine rings is 1. The van der Waals surface area contributed by atoms with E-state index in [9.17, 15) is 4.79 Å². The largest absolute Gasteiger partial charge is 0.377 e. The molecule has 1 aliphatic rings. The lowest BCUT2D eigenvalue weighted by molar-refractivity contribution is -0.121. The molecular weight excluding hydrogens is 254 g/mol. The minimum Gasteiger partial charge on any atom is -0.377 e. The maximum atomic E-state index is 11.5. The minimum absolute atomic E-state index is 0.297. The summed E-state index contributed by atoms with van der Waals surface area (Å²) < 4.78 is 5.29. The van der Waals surface area contributed by atoms with Crippen LogP contribution in [-0.4, -0.2) is 31.7 Å². The second kappa shape index (κ2) is 5.56. The van der Waals surface area contributed by atoms with Gasteiger partial charge in [0.1, 0.15) is 6.04 Å². The summed E-state index contributed by atoms with van der Waals surface area (Å²) >= 11 is 6.12. The van der Waals surface area contributed by atoms with Crippen molar-refractivity contribution in [2.24, 2.45) is 11.5 Å². The molecule has 0 aliphatic carbocycles. The molecule has 1 aromatic rings. The highest BCUT2D eigenvalue weighted by Gasteiger charge is 2.29. The molecule has 1 fully saturated rings. The first-order valence-corrected chi connectivity index (χ1v) is 6.14. The van der Waals surface area contributed by atoms with Crippen LogP contribution >= 0.6 is 11.6 Å². The molecule has 2 rings (SSSR count). The summed E-state index contributed by atoms with van der Waals surface area (Å²) in [5, 5.41) is 0.602. The standard InChI is InChI=1S/C12H16ClN3O2/c13-9-2-1-3-10(8(9)6-14)16-4-5-18-7-11(16)12(15)17/h1-3,11H,4-7,14H2,(H2,15,17). The fraction of sp³-hybridized carbons (Fsp3) is 0.417. The van der Waals surface area contributed by atoms with Gasteiger partial charge in [0.2, 0.25) is 5.91 Å². The van der Waals surface area contributed by atoms with E-state index in [0.29, 0.717) is 31.3 Å². The lowest BCUT2D eigenvalue weighted by atomic mass is 10.1. The number of hydrogen-bond donors (Lipinski definition) is 2. The van der Waals surface area contributed by atoms with Gasteiger partial charge in [-0.1, -0.05) is 17.7 Å². The number of nitrogens with zero attached hydrogens (tertiary/aromatic N) is 1. The summed E-state index contributed by atoms with van der Waals surface area (Å²) in [7, 11) is 0. The summed E-state index contributed by atoms with van der Waals surface area (Å²) in [4.78, 5) is 13.4. The van der Waals surface area contributed by atoms with Gasteiger partial charge in [0.05, 0.1) is 13.2 Å². The molecule has 1 amide bonds. The van der Waals surface area contributed by atoms with Crippen molar-refractivity contribution in [2.45, 2.75) is 12.6 Å². The topological polar surface area (TPSA) is 81.6 Å². The number of benzene rings is 1. The lowest BCUT2D eigenvalue weighted by Crippen LogP contribution is -2.53. The van der Waals surface area contributed by atoms with Gasteiger partial charge in [-0.2, -0.15) is 0 Å². The summed E-state index contributed by atoms with van der Waals surface area (Å²) in [5.41, 5.74) is 12.8. The SMILES string of the molecule is NCc1c(Cl)cccc1N1CCOCC1C(N)=O. The number of ether oxygens (including phenoxy) is 1. The zero-order chi connectivity index (χ0) is 13.1. The highest BCUT2D eigenvalue weighted by atomic mass is 35.5. The molecule has 0 spiro atoms. The fourth-order valence-corrected chi connectivity index (χ4v) is 2.39. The molecule has 1 heterocycles. The maximum Gasteiger partial charge on any atom is 0.242 e. The Labute approximate surface area is 111 Å². The van der Waals surface area contributed by atoms with Crippen LogP contribution in [0.5, 0.6) is 0 Å². The van der Waals surface area contributed by atoms with Gasteiger partial charge in [-0.25, -0.2) is 0 Å². The minimum atomic E-state index is -0.470. The second-order valence-electron chi connectivity index (χ2n) is 4.13. The van der Waals surface area contributed by atoms with Crippen LogP contribution in [0.2, 0.25) is 5.02 Å². The molecule has 1 aliphatic heterocycles. The molecule has 98 valence electrons. The van der Waals surface area contributed by atoms with Crippen molar-refractivity contribution in [3.8, 4) is 0 Å². The highest BCUT2D eigenvalue weighted by molar-refractivity contribution is 6.31. The molecular formula is C12H16ClN3O2. The van der Waals surface area contributed by atoms with Crippen LogP contribution in [0.25, 0.3) is 0 Å². The van der Waals surface area contributed by atoms with Gasteiger partial charge in [-0.3, -0.25) is 4.79 Å². The fourth-order valence-electron chi connectivity index (χ4n) is 2.15. The van der Waals surface area contributed by atoms with Gasteiger partial charge >= 0.3 is 0 Å². The molecule has 1 unspecified atom stereocenters. The number of nitrogens with two attached hydrogens (primary N) is 2.